The summed E-state index contributed by atoms with van der Waals surface area (Å²) in [4.78, 5) is 22.7. The lowest BCUT2D eigenvalue weighted by Crippen LogP contribution is -2.44. The zero-order valence-electron chi connectivity index (χ0n) is 15.0. The first-order chi connectivity index (χ1) is 13.6. The lowest BCUT2D eigenvalue weighted by Gasteiger charge is -2.25. The molecule has 3 aromatic rings. The first-order valence-corrected chi connectivity index (χ1v) is 8.65. The second kappa shape index (κ2) is 9.18. The number of non-ortho nitro benzene ring substituents is 1. The van der Waals surface area contributed by atoms with E-state index in [1.165, 1.54) is 18.2 Å². The summed E-state index contributed by atoms with van der Waals surface area (Å²) in [5.41, 5.74) is 4.60. The molecule has 3 rings (SSSR count). The molecule has 3 aromatic carbocycles. The average Bonchev–Trinajstić information content (AvgIpc) is 2.73. The molecule has 0 aliphatic heterocycles. The largest absolute Gasteiger partial charge is 0.483 e. The molecule has 0 aromatic heterocycles. The summed E-state index contributed by atoms with van der Waals surface area (Å²) < 4.78 is 5.40. The molecule has 1 N–H and O–H groups in total. The molecule has 0 spiro atoms. The number of ether oxygens (including phenoxy) is 1. The van der Waals surface area contributed by atoms with Gasteiger partial charge in [-0.15, -0.1) is 0 Å². The fourth-order valence-corrected chi connectivity index (χ4v) is 2.59. The fraction of sp³-hybridized carbons (Fsp3) is 0.0952. The van der Waals surface area contributed by atoms with Crippen LogP contribution >= 0.6 is 0 Å². The van der Waals surface area contributed by atoms with Crippen LogP contribution < -0.4 is 15.2 Å². The molecule has 0 aliphatic carbocycles. The number of nitrogens with one attached hydrogen (secondary N) is 1. The van der Waals surface area contributed by atoms with Crippen LogP contribution in [0.2, 0.25) is 0 Å². The van der Waals surface area contributed by atoms with Crippen LogP contribution in [0.15, 0.2) is 84.9 Å². The molecular formula is C21H19N3O4. The Morgan fingerprint density at radius 3 is 2.32 bits per heavy atom. The average molecular weight is 377 g/mol. The van der Waals surface area contributed by atoms with Gasteiger partial charge in [0.1, 0.15) is 5.75 Å². The minimum absolute atomic E-state index is 0.0899. The summed E-state index contributed by atoms with van der Waals surface area (Å²) in [6.45, 7) is 0.215. The van der Waals surface area contributed by atoms with Crippen LogP contribution in [-0.2, 0) is 11.3 Å². The summed E-state index contributed by atoms with van der Waals surface area (Å²) in [5.74, 6) is -0.107. The molecule has 0 unspecified atom stereocenters. The summed E-state index contributed by atoms with van der Waals surface area (Å²) in [6, 6.07) is 24.9. The van der Waals surface area contributed by atoms with Gasteiger partial charge in [-0.2, -0.15) is 0 Å². The zero-order chi connectivity index (χ0) is 19.8. The Morgan fingerprint density at radius 1 is 0.964 bits per heavy atom. The van der Waals surface area contributed by atoms with E-state index in [1.54, 1.807) is 11.1 Å². The van der Waals surface area contributed by atoms with Gasteiger partial charge in [0.2, 0.25) is 0 Å². The number of carbonyl (C=O) groups is 1. The Hall–Kier alpha value is -3.87. The van der Waals surface area contributed by atoms with Crippen molar-refractivity contribution in [2.45, 2.75) is 6.54 Å². The third-order valence-corrected chi connectivity index (χ3v) is 3.91. The maximum Gasteiger partial charge on any atom is 0.276 e. The van der Waals surface area contributed by atoms with Crippen LogP contribution in [0, 0.1) is 10.1 Å². The number of anilines is 1. The van der Waals surface area contributed by atoms with Crippen molar-refractivity contribution < 1.29 is 14.5 Å². The molecule has 0 atom stereocenters. The minimum atomic E-state index is -0.510. The van der Waals surface area contributed by atoms with Gasteiger partial charge in [0, 0.05) is 6.07 Å². The molecule has 28 heavy (non-hydrogen) atoms. The van der Waals surface area contributed by atoms with E-state index in [1.807, 2.05) is 60.7 Å². The van der Waals surface area contributed by atoms with Crippen molar-refractivity contribution in [3.8, 4) is 5.75 Å². The van der Waals surface area contributed by atoms with Crippen molar-refractivity contribution in [2.24, 2.45) is 0 Å². The van der Waals surface area contributed by atoms with Crippen molar-refractivity contribution >= 4 is 17.3 Å². The van der Waals surface area contributed by atoms with E-state index in [9.17, 15) is 14.9 Å². The van der Waals surface area contributed by atoms with Gasteiger partial charge in [-0.1, -0.05) is 54.6 Å². The highest BCUT2D eigenvalue weighted by molar-refractivity contribution is 5.79. The number of nitro groups is 1. The lowest BCUT2D eigenvalue weighted by atomic mass is 10.2. The molecular weight excluding hydrogens is 358 g/mol. The molecule has 0 heterocycles. The second-order valence-electron chi connectivity index (χ2n) is 5.99. The van der Waals surface area contributed by atoms with Crippen LogP contribution in [0.5, 0.6) is 5.75 Å². The number of para-hydroxylation sites is 1. The predicted octanol–water partition coefficient (Wildman–Crippen LogP) is 3.71. The number of nitrogens with zero attached hydrogens (tertiary/aromatic N) is 2. The van der Waals surface area contributed by atoms with Crippen molar-refractivity contribution in [2.75, 3.05) is 11.6 Å². The van der Waals surface area contributed by atoms with E-state index in [0.717, 1.165) is 11.3 Å². The number of hydrogen-bond donors (Lipinski definition) is 1. The van der Waals surface area contributed by atoms with Gasteiger partial charge in [0.15, 0.2) is 6.61 Å². The zero-order valence-corrected chi connectivity index (χ0v) is 15.0. The predicted molar refractivity (Wildman–Crippen MR) is 106 cm³/mol. The topological polar surface area (TPSA) is 84.7 Å². The molecule has 0 fully saturated rings. The SMILES string of the molecule is O=C(COc1cccc([N+](=O)[O-])c1)NN(Cc1ccccc1)c1ccccc1. The Morgan fingerprint density at radius 2 is 1.64 bits per heavy atom. The van der Waals surface area contributed by atoms with Gasteiger partial charge in [-0.05, 0) is 23.8 Å². The van der Waals surface area contributed by atoms with E-state index in [0.29, 0.717) is 6.54 Å². The summed E-state index contributed by atoms with van der Waals surface area (Å²) >= 11 is 0. The number of rotatable bonds is 8. The fourth-order valence-electron chi connectivity index (χ4n) is 2.59. The molecule has 0 radical (unpaired) electrons. The van der Waals surface area contributed by atoms with Crippen LogP contribution in [0.25, 0.3) is 0 Å². The normalized spacial score (nSPS) is 10.1. The molecule has 0 saturated heterocycles. The highest BCUT2D eigenvalue weighted by Gasteiger charge is 2.13. The molecule has 1 amide bonds. The third-order valence-electron chi connectivity index (χ3n) is 3.91. The standard InChI is InChI=1S/C21H19N3O4/c25-21(16-28-20-13-7-12-19(14-20)24(26)27)22-23(18-10-5-2-6-11-18)15-17-8-3-1-4-9-17/h1-14H,15-16H2,(H,22,25). The van der Waals surface area contributed by atoms with Gasteiger partial charge in [0.25, 0.3) is 11.6 Å². The number of benzene rings is 3. The summed E-state index contributed by atoms with van der Waals surface area (Å²) in [5, 5.41) is 12.6. The van der Waals surface area contributed by atoms with Gasteiger partial charge >= 0.3 is 0 Å². The highest BCUT2D eigenvalue weighted by Crippen LogP contribution is 2.19. The van der Waals surface area contributed by atoms with Crippen molar-refractivity contribution in [3.05, 3.63) is 101 Å². The molecule has 0 aliphatic rings. The van der Waals surface area contributed by atoms with Crippen LogP contribution in [0.1, 0.15) is 5.56 Å². The Labute approximate surface area is 162 Å². The second-order valence-corrected chi connectivity index (χ2v) is 5.99. The number of amides is 1. The monoisotopic (exact) mass is 377 g/mol. The molecule has 7 nitrogen and oxygen atoms in total. The van der Waals surface area contributed by atoms with E-state index in [4.69, 9.17) is 4.74 Å². The minimum Gasteiger partial charge on any atom is -0.483 e. The van der Waals surface area contributed by atoms with Crippen LogP contribution in [0.4, 0.5) is 11.4 Å². The van der Waals surface area contributed by atoms with Gasteiger partial charge in [-0.25, -0.2) is 0 Å². The van der Waals surface area contributed by atoms with E-state index < -0.39 is 4.92 Å². The van der Waals surface area contributed by atoms with Gasteiger partial charge in [0.05, 0.1) is 23.2 Å². The van der Waals surface area contributed by atoms with Gasteiger partial charge < -0.3 is 4.74 Å². The smallest absolute Gasteiger partial charge is 0.276 e. The quantitative estimate of drug-likeness (QED) is 0.478. The van der Waals surface area contributed by atoms with Crippen LogP contribution in [0.3, 0.4) is 0 Å². The van der Waals surface area contributed by atoms with E-state index >= 15 is 0 Å². The number of hydrazine groups is 1. The Kier molecular flexibility index (Phi) is 6.20. The maximum absolute atomic E-state index is 12.4. The van der Waals surface area contributed by atoms with E-state index in [-0.39, 0.29) is 24.0 Å². The van der Waals surface area contributed by atoms with Crippen molar-refractivity contribution in [1.82, 2.24) is 5.43 Å². The molecule has 7 heteroatoms. The lowest BCUT2D eigenvalue weighted by molar-refractivity contribution is -0.384. The molecule has 0 bridgehead atoms. The van der Waals surface area contributed by atoms with Crippen molar-refractivity contribution in [3.63, 3.8) is 0 Å². The number of nitro benzene ring substituents is 1. The first kappa shape index (κ1) is 18.9. The Balaban J connectivity index is 1.65. The van der Waals surface area contributed by atoms with Gasteiger partial charge in [-0.3, -0.25) is 25.3 Å². The number of hydrogen-bond acceptors (Lipinski definition) is 5. The molecule has 142 valence electrons. The summed E-state index contributed by atoms with van der Waals surface area (Å²) in [7, 11) is 0. The maximum atomic E-state index is 12.4. The first-order valence-electron chi connectivity index (χ1n) is 8.65. The van der Waals surface area contributed by atoms with E-state index in [2.05, 4.69) is 5.43 Å². The highest BCUT2D eigenvalue weighted by atomic mass is 16.6. The summed E-state index contributed by atoms with van der Waals surface area (Å²) in [6.07, 6.45) is 0. The Bertz CT molecular complexity index is 933. The van der Waals surface area contributed by atoms with Crippen LogP contribution in [-0.4, -0.2) is 17.4 Å². The van der Waals surface area contributed by atoms with Crippen molar-refractivity contribution in [1.29, 1.82) is 0 Å². The third kappa shape index (κ3) is 5.31. The number of carbonyl (C=O) groups excluding carboxylic acids is 1. The molecule has 0 saturated carbocycles.